The molecule has 0 aliphatic carbocycles. The van der Waals surface area contributed by atoms with Crippen molar-refractivity contribution in [3.05, 3.63) is 53.9 Å². The summed E-state index contributed by atoms with van der Waals surface area (Å²) in [6.45, 7) is 0.495. The molecule has 4 heteroatoms. The minimum Gasteiger partial charge on any atom is -0.459 e. The molecule has 0 atom stereocenters. The highest BCUT2D eigenvalue weighted by Crippen LogP contribution is 2.08. The van der Waals surface area contributed by atoms with E-state index >= 15 is 0 Å². The number of aromatic nitrogens is 2. The highest BCUT2D eigenvalue weighted by atomic mass is 79.9. The van der Waals surface area contributed by atoms with Crippen molar-refractivity contribution in [1.29, 1.82) is 0 Å². The average molecular weight is 279 g/mol. The molecule has 0 fully saturated rings. The highest BCUT2D eigenvalue weighted by Gasteiger charge is 1.98. The normalized spacial score (nSPS) is 10.1. The standard InChI is InChI=1S/C12H11BrN2O/c13-6-11-7-14-12(15-8-11)16-9-10-4-2-1-3-5-10/h1-5,7-8H,6,9H2. The van der Waals surface area contributed by atoms with Gasteiger partial charge in [0.05, 0.1) is 0 Å². The van der Waals surface area contributed by atoms with Crippen LogP contribution in [0, 0.1) is 0 Å². The topological polar surface area (TPSA) is 35.0 Å². The van der Waals surface area contributed by atoms with Crippen molar-refractivity contribution in [3.8, 4) is 6.01 Å². The highest BCUT2D eigenvalue weighted by molar-refractivity contribution is 9.08. The van der Waals surface area contributed by atoms with Gasteiger partial charge in [-0.25, -0.2) is 9.97 Å². The second-order valence-corrected chi connectivity index (χ2v) is 3.84. The third kappa shape index (κ3) is 3.03. The quantitative estimate of drug-likeness (QED) is 0.807. The molecule has 16 heavy (non-hydrogen) atoms. The number of ether oxygens (including phenoxy) is 1. The molecular formula is C12H11BrN2O. The van der Waals surface area contributed by atoms with Gasteiger partial charge in [-0.3, -0.25) is 0 Å². The zero-order valence-electron chi connectivity index (χ0n) is 8.64. The Morgan fingerprint density at radius 1 is 1.00 bits per heavy atom. The molecule has 82 valence electrons. The first-order valence-corrected chi connectivity index (χ1v) is 6.04. The molecule has 2 aromatic rings. The van der Waals surface area contributed by atoms with E-state index in [1.54, 1.807) is 12.4 Å². The van der Waals surface area contributed by atoms with Crippen molar-refractivity contribution in [2.45, 2.75) is 11.9 Å². The van der Waals surface area contributed by atoms with Crippen LogP contribution >= 0.6 is 15.9 Å². The summed E-state index contributed by atoms with van der Waals surface area (Å²) in [5, 5.41) is 0.756. The lowest BCUT2D eigenvalue weighted by Gasteiger charge is -2.04. The van der Waals surface area contributed by atoms with Gasteiger partial charge >= 0.3 is 6.01 Å². The van der Waals surface area contributed by atoms with Crippen LogP contribution in [0.2, 0.25) is 0 Å². The number of hydrogen-bond donors (Lipinski definition) is 0. The second kappa shape index (κ2) is 5.61. The Morgan fingerprint density at radius 2 is 1.69 bits per heavy atom. The molecule has 0 radical (unpaired) electrons. The van der Waals surface area contributed by atoms with Crippen LogP contribution in [-0.2, 0) is 11.9 Å². The van der Waals surface area contributed by atoms with Crippen LogP contribution in [0.1, 0.15) is 11.1 Å². The average Bonchev–Trinajstić information content (AvgIpc) is 2.38. The third-order valence-corrected chi connectivity index (χ3v) is 2.69. The maximum absolute atomic E-state index is 5.45. The second-order valence-electron chi connectivity index (χ2n) is 3.28. The first-order valence-electron chi connectivity index (χ1n) is 4.92. The van der Waals surface area contributed by atoms with Crippen LogP contribution in [0.15, 0.2) is 42.7 Å². The lowest BCUT2D eigenvalue weighted by molar-refractivity contribution is 0.280. The monoisotopic (exact) mass is 278 g/mol. The molecule has 0 amide bonds. The molecule has 0 unspecified atom stereocenters. The summed E-state index contributed by atoms with van der Waals surface area (Å²) in [5.74, 6) is 0. The summed E-state index contributed by atoms with van der Waals surface area (Å²) < 4.78 is 5.45. The van der Waals surface area contributed by atoms with Crippen LogP contribution in [0.3, 0.4) is 0 Å². The van der Waals surface area contributed by atoms with E-state index in [2.05, 4.69) is 25.9 Å². The summed E-state index contributed by atoms with van der Waals surface area (Å²) >= 11 is 3.34. The minimum atomic E-state index is 0.411. The van der Waals surface area contributed by atoms with Crippen LogP contribution in [0.25, 0.3) is 0 Å². The summed E-state index contributed by atoms with van der Waals surface area (Å²) in [6.07, 6.45) is 3.50. The van der Waals surface area contributed by atoms with Crippen LogP contribution in [0.5, 0.6) is 6.01 Å². The number of benzene rings is 1. The van der Waals surface area contributed by atoms with E-state index in [-0.39, 0.29) is 0 Å². The van der Waals surface area contributed by atoms with Gasteiger partial charge < -0.3 is 4.74 Å². The molecule has 0 saturated heterocycles. The van der Waals surface area contributed by atoms with Gasteiger partial charge in [0, 0.05) is 17.7 Å². The Bertz CT molecular complexity index is 431. The third-order valence-electron chi connectivity index (χ3n) is 2.05. The van der Waals surface area contributed by atoms with Gasteiger partial charge in [0.15, 0.2) is 0 Å². The van der Waals surface area contributed by atoms with E-state index in [1.807, 2.05) is 30.3 Å². The Balaban J connectivity index is 1.94. The first-order chi connectivity index (χ1) is 7.88. The van der Waals surface area contributed by atoms with Crippen molar-refractivity contribution in [3.63, 3.8) is 0 Å². The van der Waals surface area contributed by atoms with Gasteiger partial charge in [-0.15, -0.1) is 0 Å². The van der Waals surface area contributed by atoms with E-state index in [0.717, 1.165) is 16.5 Å². The van der Waals surface area contributed by atoms with Crippen molar-refractivity contribution < 1.29 is 4.74 Å². The molecule has 0 aliphatic heterocycles. The molecule has 3 nitrogen and oxygen atoms in total. The predicted molar refractivity (Wildman–Crippen MR) is 65.4 cm³/mol. The lowest BCUT2D eigenvalue weighted by Crippen LogP contribution is -1.99. The molecule has 1 aromatic heterocycles. The van der Waals surface area contributed by atoms with Gasteiger partial charge in [0.25, 0.3) is 0 Å². The number of halogens is 1. The van der Waals surface area contributed by atoms with Crippen molar-refractivity contribution in [1.82, 2.24) is 9.97 Å². The maximum Gasteiger partial charge on any atom is 0.316 e. The smallest absolute Gasteiger partial charge is 0.316 e. The predicted octanol–water partition coefficient (Wildman–Crippen LogP) is 2.95. The number of nitrogens with zero attached hydrogens (tertiary/aromatic N) is 2. The summed E-state index contributed by atoms with van der Waals surface area (Å²) in [6, 6.07) is 10.4. The molecule has 1 heterocycles. The minimum absolute atomic E-state index is 0.411. The van der Waals surface area contributed by atoms with Gasteiger partial charge in [0.2, 0.25) is 0 Å². The fraction of sp³-hybridized carbons (Fsp3) is 0.167. The van der Waals surface area contributed by atoms with Crippen molar-refractivity contribution in [2.75, 3.05) is 0 Å². The Labute approximate surface area is 103 Å². The van der Waals surface area contributed by atoms with E-state index < -0.39 is 0 Å². The number of hydrogen-bond acceptors (Lipinski definition) is 3. The largest absolute Gasteiger partial charge is 0.459 e. The first kappa shape index (κ1) is 11.1. The van der Waals surface area contributed by atoms with Crippen LogP contribution < -0.4 is 4.74 Å². The summed E-state index contributed by atoms with van der Waals surface area (Å²) in [7, 11) is 0. The van der Waals surface area contributed by atoms with Crippen molar-refractivity contribution >= 4 is 15.9 Å². The Hall–Kier alpha value is -1.42. The van der Waals surface area contributed by atoms with Gasteiger partial charge in [-0.2, -0.15) is 0 Å². The Morgan fingerprint density at radius 3 is 2.31 bits per heavy atom. The van der Waals surface area contributed by atoms with Crippen LogP contribution in [0.4, 0.5) is 0 Å². The van der Waals surface area contributed by atoms with Crippen LogP contribution in [-0.4, -0.2) is 9.97 Å². The fourth-order valence-corrected chi connectivity index (χ4v) is 1.50. The van der Waals surface area contributed by atoms with Gasteiger partial charge in [0.1, 0.15) is 6.61 Å². The fourth-order valence-electron chi connectivity index (χ4n) is 1.21. The molecule has 0 saturated carbocycles. The zero-order chi connectivity index (χ0) is 11.2. The molecule has 0 bridgehead atoms. The molecule has 0 N–H and O–H groups in total. The number of rotatable bonds is 4. The Kier molecular flexibility index (Phi) is 3.88. The summed E-state index contributed by atoms with van der Waals surface area (Å²) in [5.41, 5.74) is 2.14. The molecular weight excluding hydrogens is 268 g/mol. The molecule has 0 spiro atoms. The maximum atomic E-state index is 5.45. The summed E-state index contributed by atoms with van der Waals surface area (Å²) in [4.78, 5) is 8.20. The van der Waals surface area contributed by atoms with E-state index in [9.17, 15) is 0 Å². The number of alkyl halides is 1. The van der Waals surface area contributed by atoms with Gasteiger partial charge in [-0.1, -0.05) is 46.3 Å². The molecule has 1 aromatic carbocycles. The zero-order valence-corrected chi connectivity index (χ0v) is 10.2. The van der Waals surface area contributed by atoms with Gasteiger partial charge in [-0.05, 0) is 11.1 Å². The SMILES string of the molecule is BrCc1cnc(OCc2ccccc2)nc1. The molecule has 0 aliphatic rings. The van der Waals surface area contributed by atoms with Crippen molar-refractivity contribution in [2.24, 2.45) is 0 Å². The van der Waals surface area contributed by atoms with E-state index in [4.69, 9.17) is 4.74 Å². The van der Waals surface area contributed by atoms with E-state index in [0.29, 0.717) is 12.6 Å². The molecule has 2 rings (SSSR count). The lowest BCUT2D eigenvalue weighted by atomic mass is 10.2. The van der Waals surface area contributed by atoms with E-state index in [1.165, 1.54) is 0 Å².